The fourth-order valence-corrected chi connectivity index (χ4v) is 3.31. The van der Waals surface area contributed by atoms with Crippen molar-refractivity contribution in [1.29, 1.82) is 0 Å². The number of nitrogens with one attached hydrogen (secondary N) is 1. The van der Waals surface area contributed by atoms with E-state index in [0.29, 0.717) is 12.1 Å². The van der Waals surface area contributed by atoms with E-state index in [0.717, 1.165) is 22.7 Å². The van der Waals surface area contributed by atoms with Gasteiger partial charge in [0.25, 0.3) is 0 Å². The third-order valence-electron chi connectivity index (χ3n) is 4.39. The molecule has 0 amide bonds. The highest BCUT2D eigenvalue weighted by Gasteiger charge is 2.21. The molecule has 118 valence electrons. The molecule has 0 radical (unpaired) electrons. The second-order valence-electron chi connectivity index (χ2n) is 6.46. The van der Waals surface area contributed by atoms with Gasteiger partial charge < -0.3 is 10.1 Å². The van der Waals surface area contributed by atoms with Crippen molar-refractivity contribution in [3.63, 3.8) is 0 Å². The molecule has 1 aliphatic rings. The van der Waals surface area contributed by atoms with Crippen molar-refractivity contribution in [2.24, 2.45) is 5.92 Å². The molecule has 0 atom stereocenters. The summed E-state index contributed by atoms with van der Waals surface area (Å²) < 4.78 is 7.35. The number of benzene rings is 1. The van der Waals surface area contributed by atoms with Crippen molar-refractivity contribution < 1.29 is 4.74 Å². The molecule has 0 saturated heterocycles. The van der Waals surface area contributed by atoms with Crippen molar-refractivity contribution in [2.75, 3.05) is 0 Å². The van der Waals surface area contributed by atoms with Crippen LogP contribution in [0.3, 0.4) is 0 Å². The van der Waals surface area contributed by atoms with Crippen molar-refractivity contribution in [1.82, 2.24) is 5.32 Å². The highest BCUT2D eigenvalue weighted by atomic mass is 79.9. The number of halogens is 1. The first-order chi connectivity index (χ1) is 10.1. The van der Waals surface area contributed by atoms with Gasteiger partial charge >= 0.3 is 0 Å². The number of ether oxygens (including phenoxy) is 1. The molecular weight excluding hydrogens is 326 g/mol. The summed E-state index contributed by atoms with van der Waals surface area (Å²) in [4.78, 5) is 0. The van der Waals surface area contributed by atoms with E-state index in [1.165, 1.54) is 37.7 Å². The van der Waals surface area contributed by atoms with Crippen LogP contribution in [0.2, 0.25) is 0 Å². The van der Waals surface area contributed by atoms with Gasteiger partial charge in [0.15, 0.2) is 0 Å². The average Bonchev–Trinajstić information content (AvgIpc) is 2.48. The first-order valence-electron chi connectivity index (χ1n) is 8.27. The van der Waals surface area contributed by atoms with Crippen molar-refractivity contribution >= 4 is 15.9 Å². The summed E-state index contributed by atoms with van der Waals surface area (Å²) in [5, 5.41) is 3.46. The molecule has 1 N–H and O–H groups in total. The van der Waals surface area contributed by atoms with Crippen LogP contribution < -0.4 is 10.1 Å². The Kier molecular flexibility index (Phi) is 6.56. The summed E-state index contributed by atoms with van der Waals surface area (Å²) in [6, 6.07) is 6.84. The molecule has 1 aromatic carbocycles. The number of hydrogen-bond acceptors (Lipinski definition) is 2. The Morgan fingerprint density at radius 1 is 1.24 bits per heavy atom. The Bertz CT molecular complexity index is 439. The third-order valence-corrected chi connectivity index (χ3v) is 5.17. The predicted octanol–water partition coefficient (Wildman–Crippen LogP) is 5.29. The zero-order valence-corrected chi connectivity index (χ0v) is 15.1. The van der Waals surface area contributed by atoms with Gasteiger partial charge in [-0.05, 0) is 55.4 Å². The lowest BCUT2D eigenvalue weighted by atomic mass is 9.86. The van der Waals surface area contributed by atoms with Crippen LogP contribution in [0.25, 0.3) is 0 Å². The van der Waals surface area contributed by atoms with E-state index in [9.17, 15) is 0 Å². The average molecular weight is 354 g/mol. The predicted molar refractivity (Wildman–Crippen MR) is 92.8 cm³/mol. The largest absolute Gasteiger partial charge is 0.490 e. The van der Waals surface area contributed by atoms with E-state index in [1.54, 1.807) is 0 Å². The van der Waals surface area contributed by atoms with E-state index in [1.807, 2.05) is 0 Å². The second-order valence-corrected chi connectivity index (χ2v) is 7.31. The third kappa shape index (κ3) is 5.30. The van der Waals surface area contributed by atoms with Gasteiger partial charge in [0.1, 0.15) is 5.75 Å². The first-order valence-corrected chi connectivity index (χ1v) is 9.06. The second kappa shape index (κ2) is 8.19. The Hall–Kier alpha value is -0.540. The summed E-state index contributed by atoms with van der Waals surface area (Å²) in [6.07, 6.45) is 6.76. The molecule has 0 aromatic heterocycles. The molecule has 2 nitrogen and oxygen atoms in total. The topological polar surface area (TPSA) is 21.3 Å². The van der Waals surface area contributed by atoms with E-state index >= 15 is 0 Å². The minimum atomic E-state index is 0.403. The Morgan fingerprint density at radius 3 is 2.57 bits per heavy atom. The molecule has 0 spiro atoms. The van der Waals surface area contributed by atoms with E-state index in [2.05, 4.69) is 60.2 Å². The zero-order chi connectivity index (χ0) is 15.2. The van der Waals surface area contributed by atoms with Gasteiger partial charge in [-0.1, -0.05) is 43.1 Å². The number of hydrogen-bond donors (Lipinski definition) is 1. The summed E-state index contributed by atoms with van der Waals surface area (Å²) in [7, 11) is 0. The Morgan fingerprint density at radius 2 is 1.95 bits per heavy atom. The van der Waals surface area contributed by atoms with Crippen LogP contribution in [0, 0.1) is 5.92 Å². The Balaban J connectivity index is 1.93. The molecule has 0 bridgehead atoms. The van der Waals surface area contributed by atoms with Crippen molar-refractivity contribution in [3.05, 3.63) is 28.2 Å². The standard InChI is InChI=1S/C18H28BrNO/c1-4-14-5-7-16(8-6-14)21-17-9-10-18(19)15(11-17)12-20-13(2)3/h9-11,13-14,16,20H,4-8,12H2,1-3H3. The normalized spacial score (nSPS) is 22.5. The van der Waals surface area contributed by atoms with Gasteiger partial charge in [-0.25, -0.2) is 0 Å². The monoisotopic (exact) mass is 353 g/mol. The van der Waals surface area contributed by atoms with Gasteiger partial charge in [0.2, 0.25) is 0 Å². The van der Waals surface area contributed by atoms with Crippen LogP contribution >= 0.6 is 15.9 Å². The van der Waals surface area contributed by atoms with Gasteiger partial charge in [0.05, 0.1) is 6.10 Å². The van der Waals surface area contributed by atoms with Crippen LogP contribution in [0.1, 0.15) is 58.4 Å². The minimum absolute atomic E-state index is 0.403. The van der Waals surface area contributed by atoms with Gasteiger partial charge in [-0.15, -0.1) is 0 Å². The van der Waals surface area contributed by atoms with Crippen LogP contribution in [-0.2, 0) is 6.54 Å². The Labute approximate surface area is 137 Å². The lowest BCUT2D eigenvalue weighted by molar-refractivity contribution is 0.130. The van der Waals surface area contributed by atoms with Gasteiger partial charge in [-0.2, -0.15) is 0 Å². The van der Waals surface area contributed by atoms with Crippen LogP contribution in [-0.4, -0.2) is 12.1 Å². The molecule has 0 aliphatic heterocycles. The summed E-state index contributed by atoms with van der Waals surface area (Å²) >= 11 is 3.63. The van der Waals surface area contributed by atoms with Crippen molar-refractivity contribution in [3.8, 4) is 5.75 Å². The molecule has 0 unspecified atom stereocenters. The molecule has 2 rings (SSSR count). The smallest absolute Gasteiger partial charge is 0.120 e. The highest BCUT2D eigenvalue weighted by molar-refractivity contribution is 9.10. The lowest BCUT2D eigenvalue weighted by Gasteiger charge is -2.28. The van der Waals surface area contributed by atoms with E-state index in [-0.39, 0.29) is 0 Å². The number of rotatable bonds is 6. The van der Waals surface area contributed by atoms with Gasteiger partial charge in [-0.3, -0.25) is 0 Å². The van der Waals surface area contributed by atoms with E-state index < -0.39 is 0 Å². The maximum atomic E-state index is 6.20. The molecule has 1 saturated carbocycles. The quantitative estimate of drug-likeness (QED) is 0.749. The van der Waals surface area contributed by atoms with Crippen molar-refractivity contribution in [2.45, 2.75) is 71.6 Å². The van der Waals surface area contributed by atoms with Crippen LogP contribution in [0.15, 0.2) is 22.7 Å². The SMILES string of the molecule is CCC1CCC(Oc2ccc(Br)c(CNC(C)C)c2)CC1. The van der Waals surface area contributed by atoms with Gasteiger partial charge in [0, 0.05) is 17.1 Å². The summed E-state index contributed by atoms with van der Waals surface area (Å²) in [5.41, 5.74) is 1.27. The molecule has 0 heterocycles. The minimum Gasteiger partial charge on any atom is -0.490 e. The fraction of sp³-hybridized carbons (Fsp3) is 0.667. The molecule has 1 aliphatic carbocycles. The molecular formula is C18H28BrNO. The molecule has 1 fully saturated rings. The van der Waals surface area contributed by atoms with Crippen LogP contribution in [0.5, 0.6) is 5.75 Å². The maximum absolute atomic E-state index is 6.20. The first kappa shape index (κ1) is 16.8. The molecule has 1 aromatic rings. The maximum Gasteiger partial charge on any atom is 0.120 e. The summed E-state index contributed by atoms with van der Waals surface area (Å²) in [6.45, 7) is 7.51. The fourth-order valence-electron chi connectivity index (χ4n) is 2.92. The zero-order valence-electron chi connectivity index (χ0n) is 13.5. The molecule has 21 heavy (non-hydrogen) atoms. The molecule has 3 heteroatoms. The lowest BCUT2D eigenvalue weighted by Crippen LogP contribution is -2.24. The summed E-state index contributed by atoms with van der Waals surface area (Å²) in [5.74, 6) is 1.93. The van der Waals surface area contributed by atoms with E-state index in [4.69, 9.17) is 4.74 Å². The van der Waals surface area contributed by atoms with Crippen LogP contribution in [0.4, 0.5) is 0 Å². The highest BCUT2D eigenvalue weighted by Crippen LogP contribution is 2.30.